The van der Waals surface area contributed by atoms with Crippen molar-refractivity contribution < 1.29 is 9.15 Å². The van der Waals surface area contributed by atoms with E-state index in [1.807, 2.05) is 25.4 Å². The first-order chi connectivity index (χ1) is 16.6. The molecule has 0 bridgehead atoms. The van der Waals surface area contributed by atoms with Crippen LogP contribution in [0.15, 0.2) is 53.2 Å². The molecular weight excluding hydrogens is 426 g/mol. The smallest absolute Gasteiger partial charge is 0.225 e. The van der Waals surface area contributed by atoms with E-state index in [0.717, 1.165) is 88.6 Å². The highest BCUT2D eigenvalue weighted by molar-refractivity contribution is 5.38. The highest BCUT2D eigenvalue weighted by Gasteiger charge is 2.21. The molecule has 4 heterocycles. The Hall–Kier alpha value is -2.90. The molecule has 0 aliphatic carbocycles. The summed E-state index contributed by atoms with van der Waals surface area (Å²) in [5.41, 5.74) is 2.65. The van der Waals surface area contributed by atoms with Crippen molar-refractivity contribution in [1.82, 2.24) is 19.8 Å². The zero-order chi connectivity index (χ0) is 23.3. The van der Waals surface area contributed by atoms with Gasteiger partial charge in [0.05, 0.1) is 0 Å². The number of hydrogen-bond donors (Lipinski definition) is 0. The lowest BCUT2D eigenvalue weighted by Crippen LogP contribution is -2.46. The van der Waals surface area contributed by atoms with E-state index in [2.05, 4.69) is 61.9 Å². The van der Waals surface area contributed by atoms with Crippen LogP contribution in [-0.4, -0.2) is 65.6 Å². The average molecular weight is 462 g/mol. The van der Waals surface area contributed by atoms with Gasteiger partial charge in [-0.15, -0.1) is 0 Å². The monoisotopic (exact) mass is 461 g/mol. The van der Waals surface area contributed by atoms with Crippen LogP contribution in [0.3, 0.4) is 0 Å². The zero-order valence-corrected chi connectivity index (χ0v) is 20.3. The minimum atomic E-state index is 0.420. The molecule has 2 aliphatic heterocycles. The number of anilines is 1. The molecule has 5 rings (SSSR count). The summed E-state index contributed by atoms with van der Waals surface area (Å²) < 4.78 is 11.9. The molecule has 7 nitrogen and oxygen atoms in total. The van der Waals surface area contributed by atoms with E-state index in [9.17, 15) is 0 Å². The Labute approximate surface area is 202 Å². The third kappa shape index (κ3) is 5.59. The topological polar surface area (TPSA) is 57.9 Å². The molecule has 1 atom stereocenters. The van der Waals surface area contributed by atoms with Gasteiger partial charge in [-0.2, -0.15) is 0 Å². The summed E-state index contributed by atoms with van der Waals surface area (Å²) in [5.74, 6) is 4.36. The third-order valence-corrected chi connectivity index (χ3v) is 6.92. The molecule has 7 heteroatoms. The van der Waals surface area contributed by atoms with Gasteiger partial charge in [0.1, 0.15) is 23.9 Å². The van der Waals surface area contributed by atoms with Crippen molar-refractivity contribution >= 4 is 5.95 Å². The maximum atomic E-state index is 6.09. The molecule has 0 spiro atoms. The highest BCUT2D eigenvalue weighted by atomic mass is 16.5. The van der Waals surface area contributed by atoms with Crippen LogP contribution in [0.25, 0.3) is 0 Å². The molecule has 34 heavy (non-hydrogen) atoms. The van der Waals surface area contributed by atoms with Crippen LogP contribution in [0, 0.1) is 6.92 Å². The first-order valence-corrected chi connectivity index (χ1v) is 12.4. The van der Waals surface area contributed by atoms with E-state index < -0.39 is 0 Å². The van der Waals surface area contributed by atoms with E-state index >= 15 is 0 Å². The standard InChI is InChI=1S/C27H35N5O2/c1-21(25-6-4-22(2)34-25)8-11-30-16-17-33-26-7-5-23(18-24(26)20-30)19-31-12-14-32(15-13-31)27-28-9-3-10-29-27/h3-7,9-10,18,21H,8,11-17,19-20H2,1-2H3. The average Bonchev–Trinajstić information content (AvgIpc) is 3.20. The van der Waals surface area contributed by atoms with E-state index in [0.29, 0.717) is 5.92 Å². The van der Waals surface area contributed by atoms with Crippen LogP contribution in [0.4, 0.5) is 5.95 Å². The third-order valence-electron chi connectivity index (χ3n) is 6.92. The molecule has 1 aromatic carbocycles. The lowest BCUT2D eigenvalue weighted by Gasteiger charge is -2.34. The summed E-state index contributed by atoms with van der Waals surface area (Å²) in [6, 6.07) is 12.8. The second-order valence-electron chi connectivity index (χ2n) is 9.52. The van der Waals surface area contributed by atoms with Crippen LogP contribution < -0.4 is 9.64 Å². The normalized spacial score (nSPS) is 18.2. The van der Waals surface area contributed by atoms with Gasteiger partial charge in [-0.1, -0.05) is 13.0 Å². The van der Waals surface area contributed by atoms with E-state index in [1.165, 1.54) is 11.1 Å². The number of furan rings is 1. The van der Waals surface area contributed by atoms with Crippen molar-refractivity contribution in [3.63, 3.8) is 0 Å². The number of hydrogen-bond acceptors (Lipinski definition) is 7. The molecule has 0 amide bonds. The number of aromatic nitrogens is 2. The van der Waals surface area contributed by atoms with Crippen LogP contribution >= 0.6 is 0 Å². The van der Waals surface area contributed by atoms with Crippen molar-refractivity contribution in [2.45, 2.75) is 39.3 Å². The van der Waals surface area contributed by atoms with Crippen molar-refractivity contribution in [3.8, 4) is 5.75 Å². The predicted molar refractivity (Wildman–Crippen MR) is 133 cm³/mol. The molecular formula is C27H35N5O2. The Bertz CT molecular complexity index is 1060. The minimum absolute atomic E-state index is 0.420. The minimum Gasteiger partial charge on any atom is -0.492 e. The second-order valence-corrected chi connectivity index (χ2v) is 9.52. The van der Waals surface area contributed by atoms with Crippen molar-refractivity contribution in [3.05, 3.63) is 71.4 Å². The molecule has 180 valence electrons. The Morgan fingerprint density at radius 1 is 0.971 bits per heavy atom. The van der Waals surface area contributed by atoms with Gasteiger partial charge in [0, 0.05) is 69.7 Å². The van der Waals surface area contributed by atoms with Gasteiger partial charge < -0.3 is 14.1 Å². The van der Waals surface area contributed by atoms with E-state index in [-0.39, 0.29) is 0 Å². The van der Waals surface area contributed by atoms with Crippen LogP contribution in [0.5, 0.6) is 5.75 Å². The number of piperazine rings is 1. The molecule has 0 radical (unpaired) electrons. The van der Waals surface area contributed by atoms with Gasteiger partial charge in [-0.25, -0.2) is 9.97 Å². The van der Waals surface area contributed by atoms with Crippen LogP contribution in [-0.2, 0) is 13.1 Å². The molecule has 2 aromatic heterocycles. The first-order valence-electron chi connectivity index (χ1n) is 12.4. The predicted octanol–water partition coefficient (Wildman–Crippen LogP) is 4.09. The second kappa shape index (κ2) is 10.6. The van der Waals surface area contributed by atoms with Gasteiger partial charge >= 0.3 is 0 Å². The first kappa shape index (κ1) is 22.9. The van der Waals surface area contributed by atoms with Crippen LogP contribution in [0.1, 0.15) is 41.9 Å². The van der Waals surface area contributed by atoms with Crippen molar-refractivity contribution in [1.29, 1.82) is 0 Å². The highest BCUT2D eigenvalue weighted by Crippen LogP contribution is 2.27. The Morgan fingerprint density at radius 3 is 2.56 bits per heavy atom. The Kier molecular flexibility index (Phi) is 7.11. The SMILES string of the molecule is Cc1ccc(C(C)CCN2CCOc3ccc(CN4CCN(c5ncccn5)CC4)cc3C2)o1. The van der Waals surface area contributed by atoms with Crippen molar-refractivity contribution in [2.24, 2.45) is 0 Å². The summed E-state index contributed by atoms with van der Waals surface area (Å²) in [6.45, 7) is 12.8. The van der Waals surface area contributed by atoms with E-state index in [1.54, 1.807) is 0 Å². The largest absolute Gasteiger partial charge is 0.492 e. The maximum Gasteiger partial charge on any atom is 0.225 e. The van der Waals surface area contributed by atoms with E-state index in [4.69, 9.17) is 9.15 Å². The molecule has 2 aliphatic rings. The number of ether oxygens (including phenoxy) is 1. The zero-order valence-electron chi connectivity index (χ0n) is 20.3. The molecule has 0 N–H and O–H groups in total. The summed E-state index contributed by atoms with van der Waals surface area (Å²) in [6.07, 6.45) is 4.71. The fourth-order valence-electron chi connectivity index (χ4n) is 4.85. The lowest BCUT2D eigenvalue weighted by molar-refractivity contribution is 0.218. The molecule has 3 aromatic rings. The van der Waals surface area contributed by atoms with Gasteiger partial charge in [-0.05, 0) is 55.8 Å². The number of aryl methyl sites for hydroxylation is 1. The summed E-state index contributed by atoms with van der Waals surface area (Å²) in [4.78, 5) is 16.1. The molecule has 1 unspecified atom stereocenters. The van der Waals surface area contributed by atoms with Gasteiger partial charge in [0.15, 0.2) is 0 Å². The lowest BCUT2D eigenvalue weighted by atomic mass is 10.0. The molecule has 1 fully saturated rings. The van der Waals surface area contributed by atoms with Crippen molar-refractivity contribution in [2.75, 3.05) is 50.8 Å². The van der Waals surface area contributed by atoms with Gasteiger partial charge in [0.2, 0.25) is 5.95 Å². The van der Waals surface area contributed by atoms with Crippen LogP contribution in [0.2, 0.25) is 0 Å². The molecule has 0 saturated carbocycles. The Morgan fingerprint density at radius 2 is 1.79 bits per heavy atom. The summed E-state index contributed by atoms with van der Waals surface area (Å²) in [5, 5.41) is 0. The summed E-state index contributed by atoms with van der Waals surface area (Å²) >= 11 is 0. The Balaban J connectivity index is 1.16. The number of rotatable bonds is 7. The fourth-order valence-corrected chi connectivity index (χ4v) is 4.85. The number of fused-ring (bicyclic) bond motifs is 1. The van der Waals surface area contributed by atoms with Gasteiger partial charge in [0.25, 0.3) is 0 Å². The number of benzene rings is 1. The molecule has 1 saturated heterocycles. The maximum absolute atomic E-state index is 6.09. The number of nitrogens with zero attached hydrogens (tertiary/aromatic N) is 5. The fraction of sp³-hybridized carbons (Fsp3) is 0.481. The quantitative estimate of drug-likeness (QED) is 0.525. The van der Waals surface area contributed by atoms with Gasteiger partial charge in [-0.3, -0.25) is 9.80 Å². The summed E-state index contributed by atoms with van der Waals surface area (Å²) in [7, 11) is 0.